The fourth-order valence-corrected chi connectivity index (χ4v) is 6.40. The smallest absolute Gasteiger partial charge is 0.260 e. The first kappa shape index (κ1) is 31.5. The van der Waals surface area contributed by atoms with Crippen LogP contribution in [0.15, 0.2) is 89.2 Å². The van der Waals surface area contributed by atoms with E-state index in [0.717, 1.165) is 11.1 Å². The summed E-state index contributed by atoms with van der Waals surface area (Å²) < 4.78 is 18.3. The minimum Gasteiger partial charge on any atom is -0.495 e. The van der Waals surface area contributed by atoms with Crippen molar-refractivity contribution in [2.45, 2.75) is 23.9 Å². The Bertz CT molecular complexity index is 1760. The third-order valence-electron chi connectivity index (χ3n) is 7.67. The van der Waals surface area contributed by atoms with Crippen LogP contribution in [0.2, 0.25) is 5.02 Å². The van der Waals surface area contributed by atoms with Gasteiger partial charge in [-0.3, -0.25) is 9.59 Å². The average molecular weight is 661 g/mol. The van der Waals surface area contributed by atoms with Gasteiger partial charge in [0.05, 0.1) is 31.6 Å². The Labute approximate surface area is 275 Å². The number of morpholine rings is 1. The van der Waals surface area contributed by atoms with Crippen LogP contribution in [0, 0.1) is 0 Å². The molecule has 1 saturated heterocycles. The number of fused-ring (bicyclic) bond motifs is 1. The molecule has 11 nitrogen and oxygen atoms in total. The van der Waals surface area contributed by atoms with Gasteiger partial charge in [0.25, 0.3) is 11.8 Å². The molecule has 2 amide bonds. The van der Waals surface area contributed by atoms with Crippen molar-refractivity contribution in [1.29, 1.82) is 0 Å². The number of anilines is 2. The molecule has 2 aliphatic heterocycles. The lowest BCUT2D eigenvalue weighted by atomic mass is 9.95. The summed E-state index contributed by atoms with van der Waals surface area (Å²) in [6.07, 6.45) is 0. The summed E-state index contributed by atoms with van der Waals surface area (Å²) in [4.78, 5) is 33.0. The molecule has 4 aromatic rings. The molecule has 2 aliphatic rings. The molecule has 2 N–H and O–H groups in total. The summed E-state index contributed by atoms with van der Waals surface area (Å²) in [5, 5.41) is 12.3. The molecule has 6 rings (SSSR count). The highest BCUT2D eigenvalue weighted by Gasteiger charge is 2.35. The van der Waals surface area contributed by atoms with Crippen molar-refractivity contribution in [2.24, 2.45) is 0 Å². The van der Waals surface area contributed by atoms with Crippen LogP contribution in [0.25, 0.3) is 0 Å². The van der Waals surface area contributed by atoms with Gasteiger partial charge in [-0.15, -0.1) is 5.10 Å². The number of carbonyl (C=O) groups excluding carboxylic acids is 2. The van der Waals surface area contributed by atoms with Gasteiger partial charge in [0.15, 0.2) is 6.61 Å². The molecule has 238 valence electrons. The van der Waals surface area contributed by atoms with Crippen LogP contribution < -0.4 is 20.1 Å². The Hall–Kier alpha value is -4.52. The largest absolute Gasteiger partial charge is 0.495 e. The fourth-order valence-electron chi connectivity index (χ4n) is 5.29. The minimum absolute atomic E-state index is 0.0719. The van der Waals surface area contributed by atoms with Gasteiger partial charge in [0.2, 0.25) is 11.1 Å². The number of ether oxygens (including phenoxy) is 3. The summed E-state index contributed by atoms with van der Waals surface area (Å²) in [7, 11) is 1.56. The van der Waals surface area contributed by atoms with Crippen LogP contribution >= 0.6 is 23.4 Å². The Morgan fingerprint density at radius 1 is 1.07 bits per heavy atom. The lowest BCUT2D eigenvalue weighted by Crippen LogP contribution is -2.42. The van der Waals surface area contributed by atoms with Crippen molar-refractivity contribution in [3.63, 3.8) is 0 Å². The lowest BCUT2D eigenvalue weighted by molar-refractivity contribution is -0.137. The Balaban J connectivity index is 1.27. The predicted octanol–water partition coefficient (Wildman–Crippen LogP) is 5.40. The van der Waals surface area contributed by atoms with E-state index in [1.807, 2.05) is 55.5 Å². The molecular weight excluding hydrogens is 628 g/mol. The second kappa shape index (κ2) is 14.3. The van der Waals surface area contributed by atoms with E-state index >= 15 is 0 Å². The topological polar surface area (TPSA) is 120 Å². The number of halogens is 1. The zero-order valence-electron chi connectivity index (χ0n) is 25.4. The predicted molar refractivity (Wildman–Crippen MR) is 176 cm³/mol. The second-order valence-corrected chi connectivity index (χ2v) is 12.0. The number of nitrogens with one attached hydrogen (secondary N) is 2. The number of para-hydroxylation sites is 2. The van der Waals surface area contributed by atoms with Crippen LogP contribution in [-0.2, 0) is 20.1 Å². The first-order valence-corrected chi connectivity index (χ1v) is 16.1. The monoisotopic (exact) mass is 660 g/mol. The van der Waals surface area contributed by atoms with Crippen LogP contribution in [0.1, 0.15) is 24.1 Å². The van der Waals surface area contributed by atoms with Crippen LogP contribution in [0.4, 0.5) is 11.6 Å². The number of hydrogen-bond acceptors (Lipinski definition) is 9. The number of rotatable bonds is 10. The number of carbonyl (C=O) groups is 2. The lowest BCUT2D eigenvalue weighted by Gasteiger charge is -2.29. The third kappa shape index (κ3) is 6.99. The van der Waals surface area contributed by atoms with Crippen molar-refractivity contribution in [1.82, 2.24) is 19.7 Å². The van der Waals surface area contributed by atoms with Crippen molar-refractivity contribution in [3.05, 3.63) is 100 Å². The zero-order chi connectivity index (χ0) is 32.0. The van der Waals surface area contributed by atoms with E-state index in [1.54, 1.807) is 41.0 Å². The van der Waals surface area contributed by atoms with Crippen LogP contribution in [-0.4, -0.2) is 71.5 Å². The highest BCUT2D eigenvalue weighted by atomic mass is 35.5. The fraction of sp³-hybridized carbons (Fsp3) is 0.273. The molecule has 0 radical (unpaired) electrons. The number of amides is 2. The molecule has 1 fully saturated rings. The molecule has 3 heterocycles. The molecule has 0 spiro atoms. The summed E-state index contributed by atoms with van der Waals surface area (Å²) in [5.74, 6) is 1.76. The molecular formula is C33H33ClN6O5S. The number of aromatic nitrogens is 3. The van der Waals surface area contributed by atoms with Crippen molar-refractivity contribution in [3.8, 4) is 11.5 Å². The van der Waals surface area contributed by atoms with Crippen molar-refractivity contribution >= 4 is 46.8 Å². The zero-order valence-corrected chi connectivity index (χ0v) is 26.9. The maximum Gasteiger partial charge on any atom is 0.260 e. The SMILES string of the molecule is COc1ccccc1NC(=O)C1=C(C)Nc2nc(SCc3ccccc3Cl)nn2C1c1ccc(OCC(=O)N2CCOCC2)cc1. The summed E-state index contributed by atoms with van der Waals surface area (Å²) in [6.45, 7) is 3.94. The maximum absolute atomic E-state index is 14.0. The average Bonchev–Trinajstić information content (AvgIpc) is 3.49. The van der Waals surface area contributed by atoms with Gasteiger partial charge in [-0.2, -0.15) is 4.98 Å². The Kier molecular flexibility index (Phi) is 9.76. The van der Waals surface area contributed by atoms with Crippen LogP contribution in [0.3, 0.4) is 0 Å². The molecule has 0 bridgehead atoms. The number of hydrogen-bond donors (Lipinski definition) is 2. The quantitative estimate of drug-likeness (QED) is 0.216. The summed E-state index contributed by atoms with van der Waals surface area (Å²) in [6, 6.07) is 21.6. The standard InChI is InChI=1S/C33H33ClN6O5S/c1-21-29(31(42)36-26-9-5-6-10-27(26)43-2)30(22-11-13-24(14-12-22)45-19-28(41)39-15-17-44-18-16-39)40-32(35-21)37-33(38-40)46-20-23-7-3-4-8-25(23)34/h3-14,30H,15-20H2,1-2H3,(H,36,42)(H,35,37,38). The number of allylic oxidation sites excluding steroid dienone is 1. The molecule has 13 heteroatoms. The van der Waals surface area contributed by atoms with E-state index in [1.165, 1.54) is 11.8 Å². The molecule has 1 atom stereocenters. The second-order valence-electron chi connectivity index (χ2n) is 10.6. The molecule has 1 unspecified atom stereocenters. The number of methoxy groups -OCH3 is 1. The summed E-state index contributed by atoms with van der Waals surface area (Å²) in [5.41, 5.74) is 3.40. The Morgan fingerprint density at radius 3 is 2.57 bits per heavy atom. The first-order chi connectivity index (χ1) is 22.4. The van der Waals surface area contributed by atoms with E-state index in [2.05, 4.69) is 10.6 Å². The molecule has 1 aromatic heterocycles. The van der Waals surface area contributed by atoms with Gasteiger partial charge >= 0.3 is 0 Å². The molecule has 0 saturated carbocycles. The van der Waals surface area contributed by atoms with Gasteiger partial charge in [0.1, 0.15) is 17.5 Å². The van der Waals surface area contributed by atoms with Gasteiger partial charge in [0, 0.05) is 29.6 Å². The van der Waals surface area contributed by atoms with Crippen molar-refractivity contribution in [2.75, 3.05) is 50.7 Å². The number of thioether (sulfide) groups is 1. The molecule has 46 heavy (non-hydrogen) atoms. The van der Waals surface area contributed by atoms with Gasteiger partial charge in [-0.25, -0.2) is 4.68 Å². The Morgan fingerprint density at radius 2 is 1.80 bits per heavy atom. The van der Waals surface area contributed by atoms with E-state index in [0.29, 0.717) is 76.6 Å². The summed E-state index contributed by atoms with van der Waals surface area (Å²) >= 11 is 7.83. The minimum atomic E-state index is -0.614. The van der Waals surface area contributed by atoms with Gasteiger partial charge in [-0.05, 0) is 48.4 Å². The normalized spacial score (nSPS) is 16.0. The maximum atomic E-state index is 14.0. The van der Waals surface area contributed by atoms with E-state index in [4.69, 9.17) is 35.9 Å². The molecule has 3 aromatic carbocycles. The van der Waals surface area contributed by atoms with Gasteiger partial charge in [-0.1, -0.05) is 65.8 Å². The van der Waals surface area contributed by atoms with Crippen LogP contribution in [0.5, 0.6) is 11.5 Å². The number of nitrogens with zero attached hydrogens (tertiary/aromatic N) is 4. The highest BCUT2D eigenvalue weighted by Crippen LogP contribution is 2.38. The molecule has 0 aliphatic carbocycles. The first-order valence-electron chi connectivity index (χ1n) is 14.7. The van der Waals surface area contributed by atoms with E-state index in [9.17, 15) is 9.59 Å². The van der Waals surface area contributed by atoms with Gasteiger partial charge < -0.3 is 29.7 Å². The number of benzene rings is 3. The van der Waals surface area contributed by atoms with E-state index in [-0.39, 0.29) is 18.4 Å². The highest BCUT2D eigenvalue weighted by molar-refractivity contribution is 7.98. The van der Waals surface area contributed by atoms with Crippen molar-refractivity contribution < 1.29 is 23.8 Å². The van der Waals surface area contributed by atoms with E-state index < -0.39 is 6.04 Å². The third-order valence-corrected chi connectivity index (χ3v) is 8.92.